The Bertz CT molecular complexity index is 1630. The second kappa shape index (κ2) is 10.8. The lowest BCUT2D eigenvalue weighted by molar-refractivity contribution is 0.101. The minimum absolute atomic E-state index is 0.00632. The molecule has 0 atom stereocenters. The fourth-order valence-electron chi connectivity index (χ4n) is 3.96. The number of nitrogens with two attached hydrogens (primary N) is 1. The van der Waals surface area contributed by atoms with Gasteiger partial charge >= 0.3 is 0 Å². The highest BCUT2D eigenvalue weighted by molar-refractivity contribution is 7.92. The summed E-state index contributed by atoms with van der Waals surface area (Å²) in [6.07, 6.45) is 1.52. The van der Waals surface area contributed by atoms with Crippen LogP contribution < -0.4 is 15.2 Å². The van der Waals surface area contributed by atoms with Crippen LogP contribution in [0.2, 0.25) is 5.02 Å². The fourth-order valence-corrected chi connectivity index (χ4v) is 5.38. The highest BCUT2D eigenvalue weighted by Gasteiger charge is 2.26. The number of pyridine rings is 3. The van der Waals surface area contributed by atoms with E-state index < -0.39 is 21.4 Å². The number of carbonyl (C=O) groups is 1. The number of aryl methyl sites for hydroxylation is 3. The number of halogens is 1. The Hall–Kier alpha value is -4.02. The number of ketones is 1. The number of nitrogen functional groups attached to an aromatic ring is 1. The summed E-state index contributed by atoms with van der Waals surface area (Å²) >= 11 is 6.25. The van der Waals surface area contributed by atoms with Crippen molar-refractivity contribution in [2.24, 2.45) is 0 Å². The molecular weight excluding hydrogens is 528 g/mol. The van der Waals surface area contributed by atoms with Crippen molar-refractivity contribution in [2.75, 3.05) is 18.6 Å². The summed E-state index contributed by atoms with van der Waals surface area (Å²) in [5.41, 5.74) is 9.30. The number of rotatable bonds is 8. The molecule has 0 fully saturated rings. The molecule has 0 saturated heterocycles. The molecule has 196 valence electrons. The van der Waals surface area contributed by atoms with Crippen molar-refractivity contribution < 1.29 is 22.7 Å². The standard InChI is InChI=1S/C27H25ClN4O5S/c1-15-10-16(2)25(17(3)11-15)37-26-19(22(33)14-38(34,35)24-7-5-6-23(29)32-24)8-9-21(31-26)18-12-20(28)27(36-4)30-13-18/h5-13H,14H2,1-4H3,(H2,29,32). The van der Waals surface area contributed by atoms with Gasteiger partial charge in [-0.15, -0.1) is 0 Å². The van der Waals surface area contributed by atoms with Crippen LogP contribution in [-0.2, 0) is 9.84 Å². The van der Waals surface area contributed by atoms with E-state index in [0.717, 1.165) is 16.7 Å². The number of ether oxygens (including phenoxy) is 2. The van der Waals surface area contributed by atoms with E-state index in [1.165, 1.54) is 37.6 Å². The first kappa shape index (κ1) is 27.0. The molecule has 0 radical (unpaired) electrons. The number of Topliss-reactive ketones (excluding diaryl/α,β-unsaturated/α-hetero) is 1. The van der Waals surface area contributed by atoms with E-state index in [9.17, 15) is 13.2 Å². The molecule has 9 nitrogen and oxygen atoms in total. The van der Waals surface area contributed by atoms with Crippen LogP contribution >= 0.6 is 11.6 Å². The third kappa shape index (κ3) is 5.76. The van der Waals surface area contributed by atoms with Gasteiger partial charge in [-0.05, 0) is 62.2 Å². The Balaban J connectivity index is 1.79. The van der Waals surface area contributed by atoms with Gasteiger partial charge < -0.3 is 15.2 Å². The van der Waals surface area contributed by atoms with Crippen molar-refractivity contribution in [3.8, 4) is 28.8 Å². The SMILES string of the molecule is COc1ncc(-c2ccc(C(=O)CS(=O)(=O)c3cccc(N)n3)c(Oc3c(C)cc(C)cc3C)n2)cc1Cl. The Morgan fingerprint density at radius 1 is 1.00 bits per heavy atom. The summed E-state index contributed by atoms with van der Waals surface area (Å²) in [7, 11) is -2.63. The van der Waals surface area contributed by atoms with Crippen LogP contribution in [0.15, 0.2) is 59.8 Å². The molecule has 0 amide bonds. The van der Waals surface area contributed by atoms with Crippen LogP contribution in [0.3, 0.4) is 0 Å². The van der Waals surface area contributed by atoms with Gasteiger partial charge in [0.15, 0.2) is 10.8 Å². The first-order valence-electron chi connectivity index (χ1n) is 11.4. The molecule has 3 aromatic heterocycles. The van der Waals surface area contributed by atoms with Gasteiger partial charge in [0.2, 0.25) is 21.6 Å². The van der Waals surface area contributed by atoms with Gasteiger partial charge in [0.1, 0.15) is 22.3 Å². The van der Waals surface area contributed by atoms with Crippen LogP contribution in [0.1, 0.15) is 27.0 Å². The second-order valence-corrected chi connectivity index (χ2v) is 11.0. The number of carbonyl (C=O) groups excluding carboxylic acids is 1. The topological polar surface area (TPSA) is 134 Å². The van der Waals surface area contributed by atoms with Crippen molar-refractivity contribution in [2.45, 2.75) is 25.8 Å². The van der Waals surface area contributed by atoms with Gasteiger partial charge in [0, 0.05) is 11.8 Å². The maximum Gasteiger partial charge on any atom is 0.232 e. The predicted molar refractivity (Wildman–Crippen MR) is 145 cm³/mol. The summed E-state index contributed by atoms with van der Waals surface area (Å²) in [4.78, 5) is 25.9. The molecule has 1 aromatic carbocycles. The van der Waals surface area contributed by atoms with Crippen molar-refractivity contribution in [1.29, 1.82) is 0 Å². The average molecular weight is 553 g/mol. The molecule has 4 aromatic rings. The van der Waals surface area contributed by atoms with E-state index in [1.807, 2.05) is 32.9 Å². The smallest absolute Gasteiger partial charge is 0.232 e. The summed E-state index contributed by atoms with van der Waals surface area (Å²) in [6.45, 7) is 5.72. The van der Waals surface area contributed by atoms with Gasteiger partial charge in [-0.25, -0.2) is 23.4 Å². The summed E-state index contributed by atoms with van der Waals surface area (Å²) < 4.78 is 37.2. The largest absolute Gasteiger partial charge is 0.480 e. The molecule has 0 saturated carbocycles. The van der Waals surface area contributed by atoms with Gasteiger partial charge in [0.05, 0.1) is 18.4 Å². The number of hydrogen-bond acceptors (Lipinski definition) is 9. The maximum absolute atomic E-state index is 13.3. The number of aromatic nitrogens is 3. The van der Waals surface area contributed by atoms with E-state index in [-0.39, 0.29) is 33.2 Å². The van der Waals surface area contributed by atoms with Crippen molar-refractivity contribution in [3.63, 3.8) is 0 Å². The quantitative estimate of drug-likeness (QED) is 0.294. The van der Waals surface area contributed by atoms with E-state index >= 15 is 0 Å². The lowest BCUT2D eigenvalue weighted by atomic mass is 10.1. The zero-order valence-electron chi connectivity index (χ0n) is 21.1. The van der Waals surface area contributed by atoms with E-state index in [1.54, 1.807) is 12.1 Å². The van der Waals surface area contributed by atoms with Crippen molar-refractivity contribution in [1.82, 2.24) is 15.0 Å². The van der Waals surface area contributed by atoms with Gasteiger partial charge in [-0.3, -0.25) is 4.79 Å². The van der Waals surface area contributed by atoms with Gasteiger partial charge in [-0.2, -0.15) is 0 Å². The Labute approximate surface area is 225 Å². The average Bonchev–Trinajstić information content (AvgIpc) is 2.85. The molecule has 0 aliphatic rings. The number of methoxy groups -OCH3 is 1. The molecule has 0 unspecified atom stereocenters. The van der Waals surface area contributed by atoms with E-state index in [2.05, 4.69) is 15.0 Å². The number of hydrogen-bond donors (Lipinski definition) is 1. The maximum atomic E-state index is 13.3. The molecule has 2 N–H and O–H groups in total. The lowest BCUT2D eigenvalue weighted by Crippen LogP contribution is -2.19. The first-order chi connectivity index (χ1) is 18.0. The van der Waals surface area contributed by atoms with Crippen LogP contribution in [0.4, 0.5) is 5.82 Å². The highest BCUT2D eigenvalue weighted by Crippen LogP contribution is 2.34. The number of benzene rings is 1. The summed E-state index contributed by atoms with van der Waals surface area (Å²) in [6, 6.07) is 12.8. The van der Waals surface area contributed by atoms with E-state index in [4.69, 9.17) is 26.8 Å². The second-order valence-electron chi connectivity index (χ2n) is 8.68. The molecule has 0 spiro atoms. The summed E-state index contributed by atoms with van der Waals surface area (Å²) in [5, 5.41) is -0.0116. The number of nitrogens with zero attached hydrogens (tertiary/aromatic N) is 3. The van der Waals surface area contributed by atoms with Crippen molar-refractivity contribution >= 4 is 33.0 Å². The number of sulfone groups is 1. The third-order valence-corrected chi connectivity index (χ3v) is 7.42. The molecule has 4 rings (SSSR count). The van der Waals surface area contributed by atoms with Crippen molar-refractivity contribution in [3.05, 3.63) is 82.0 Å². The highest BCUT2D eigenvalue weighted by atomic mass is 35.5. The minimum Gasteiger partial charge on any atom is -0.480 e. The lowest BCUT2D eigenvalue weighted by Gasteiger charge is -2.16. The molecule has 0 bridgehead atoms. The van der Waals surface area contributed by atoms with Gasteiger partial charge in [-0.1, -0.05) is 35.4 Å². The van der Waals surface area contributed by atoms with Crippen LogP contribution in [-0.4, -0.2) is 42.0 Å². The van der Waals surface area contributed by atoms with E-state index in [0.29, 0.717) is 17.0 Å². The Kier molecular flexibility index (Phi) is 7.66. The molecule has 38 heavy (non-hydrogen) atoms. The van der Waals surface area contributed by atoms with Crippen LogP contribution in [0.5, 0.6) is 17.5 Å². The fraction of sp³-hybridized carbons (Fsp3) is 0.185. The molecule has 0 aliphatic heterocycles. The zero-order chi connectivity index (χ0) is 27.6. The Morgan fingerprint density at radius 3 is 2.34 bits per heavy atom. The molecular formula is C27H25ClN4O5S. The normalized spacial score (nSPS) is 11.3. The van der Waals surface area contributed by atoms with Crippen LogP contribution in [0, 0.1) is 20.8 Å². The molecule has 0 aliphatic carbocycles. The summed E-state index contributed by atoms with van der Waals surface area (Å²) in [5.74, 6) is -0.805. The Morgan fingerprint density at radius 2 is 1.71 bits per heavy atom. The minimum atomic E-state index is -4.08. The third-order valence-electron chi connectivity index (χ3n) is 5.65. The molecule has 3 heterocycles. The monoisotopic (exact) mass is 552 g/mol. The van der Waals surface area contributed by atoms with Crippen LogP contribution in [0.25, 0.3) is 11.3 Å². The van der Waals surface area contributed by atoms with Gasteiger partial charge in [0.25, 0.3) is 0 Å². The predicted octanol–water partition coefficient (Wildman–Crippen LogP) is 5.16. The number of anilines is 1. The zero-order valence-corrected chi connectivity index (χ0v) is 22.7. The first-order valence-corrected chi connectivity index (χ1v) is 13.5. The molecule has 11 heteroatoms.